The minimum absolute atomic E-state index is 0.128. The zero-order valence-electron chi connectivity index (χ0n) is 8.33. The molecule has 0 aliphatic heterocycles. The molecule has 0 radical (unpaired) electrons. The summed E-state index contributed by atoms with van der Waals surface area (Å²) >= 11 is 0. The first-order valence-electron chi connectivity index (χ1n) is 4.99. The van der Waals surface area contributed by atoms with Gasteiger partial charge >= 0.3 is 0 Å². The van der Waals surface area contributed by atoms with E-state index < -0.39 is 0 Å². The molecule has 1 saturated carbocycles. The molecule has 1 aliphatic carbocycles. The van der Waals surface area contributed by atoms with Crippen LogP contribution in [-0.4, -0.2) is 0 Å². The second-order valence-corrected chi connectivity index (χ2v) is 3.99. The fourth-order valence-corrected chi connectivity index (χ4v) is 1.85. The van der Waals surface area contributed by atoms with E-state index in [0.29, 0.717) is 5.92 Å². The fraction of sp³-hybridized carbons (Fsp3) is 0.417. The second-order valence-electron chi connectivity index (χ2n) is 3.99. The van der Waals surface area contributed by atoms with Gasteiger partial charge < -0.3 is 5.73 Å². The van der Waals surface area contributed by atoms with E-state index in [4.69, 9.17) is 11.0 Å². The third kappa shape index (κ3) is 1.51. The van der Waals surface area contributed by atoms with E-state index in [9.17, 15) is 0 Å². The molecule has 0 amide bonds. The zero-order chi connectivity index (χ0) is 10.1. The van der Waals surface area contributed by atoms with Crippen LogP contribution in [0.2, 0.25) is 0 Å². The van der Waals surface area contributed by atoms with Gasteiger partial charge in [0.2, 0.25) is 0 Å². The van der Waals surface area contributed by atoms with Gasteiger partial charge in [0.25, 0.3) is 0 Å². The van der Waals surface area contributed by atoms with Crippen molar-refractivity contribution in [2.45, 2.75) is 25.8 Å². The average molecular weight is 186 g/mol. The van der Waals surface area contributed by atoms with Gasteiger partial charge in [0.05, 0.1) is 11.6 Å². The lowest BCUT2D eigenvalue weighted by Crippen LogP contribution is -2.14. The Labute approximate surface area is 84.3 Å². The minimum atomic E-state index is 0.128. The van der Waals surface area contributed by atoms with Gasteiger partial charge in [-0.25, -0.2) is 0 Å². The summed E-state index contributed by atoms with van der Waals surface area (Å²) in [7, 11) is 0. The highest BCUT2D eigenvalue weighted by atomic mass is 14.7. The Morgan fingerprint density at radius 2 is 2.21 bits per heavy atom. The van der Waals surface area contributed by atoms with Gasteiger partial charge in [0.1, 0.15) is 0 Å². The van der Waals surface area contributed by atoms with E-state index in [1.807, 2.05) is 25.1 Å². The van der Waals surface area contributed by atoms with Crippen molar-refractivity contribution in [3.63, 3.8) is 0 Å². The molecule has 0 aromatic heterocycles. The van der Waals surface area contributed by atoms with Crippen LogP contribution < -0.4 is 5.73 Å². The van der Waals surface area contributed by atoms with Gasteiger partial charge in [-0.1, -0.05) is 12.1 Å². The molecule has 2 N–H and O–H groups in total. The summed E-state index contributed by atoms with van der Waals surface area (Å²) in [6, 6.07) is 8.13. The maximum Gasteiger partial charge on any atom is 0.0994 e. The molecule has 2 heteroatoms. The lowest BCUT2D eigenvalue weighted by atomic mass is 9.95. The highest BCUT2D eigenvalue weighted by Crippen LogP contribution is 2.40. The summed E-state index contributed by atoms with van der Waals surface area (Å²) in [5, 5.41) is 8.89. The molecule has 72 valence electrons. The first-order valence-corrected chi connectivity index (χ1v) is 4.99. The molecule has 14 heavy (non-hydrogen) atoms. The van der Waals surface area contributed by atoms with Crippen molar-refractivity contribution in [3.05, 3.63) is 34.9 Å². The molecule has 1 aromatic rings. The van der Waals surface area contributed by atoms with Crippen LogP contribution in [0.5, 0.6) is 0 Å². The van der Waals surface area contributed by atoms with Crippen molar-refractivity contribution >= 4 is 0 Å². The van der Waals surface area contributed by atoms with Crippen molar-refractivity contribution in [2.24, 2.45) is 11.7 Å². The predicted molar refractivity (Wildman–Crippen MR) is 55.5 cm³/mol. The van der Waals surface area contributed by atoms with Crippen molar-refractivity contribution in [1.82, 2.24) is 0 Å². The summed E-state index contributed by atoms with van der Waals surface area (Å²) in [5.41, 5.74) is 9.06. The monoisotopic (exact) mass is 186 g/mol. The Morgan fingerprint density at radius 1 is 1.50 bits per heavy atom. The number of nitriles is 1. The molecule has 0 spiro atoms. The quantitative estimate of drug-likeness (QED) is 0.770. The molecule has 2 nitrogen and oxygen atoms in total. The van der Waals surface area contributed by atoms with Crippen LogP contribution in [0.1, 0.15) is 35.6 Å². The van der Waals surface area contributed by atoms with Crippen LogP contribution in [0.3, 0.4) is 0 Å². The normalized spacial score (nSPS) is 17.5. The number of benzene rings is 1. The molecule has 1 aliphatic rings. The number of hydrogen-bond acceptors (Lipinski definition) is 2. The van der Waals surface area contributed by atoms with E-state index >= 15 is 0 Å². The van der Waals surface area contributed by atoms with E-state index in [1.165, 1.54) is 12.8 Å². The van der Waals surface area contributed by atoms with Crippen molar-refractivity contribution < 1.29 is 0 Å². The molecule has 0 saturated heterocycles. The summed E-state index contributed by atoms with van der Waals surface area (Å²) in [4.78, 5) is 0. The van der Waals surface area contributed by atoms with Crippen LogP contribution >= 0.6 is 0 Å². The third-order valence-electron chi connectivity index (χ3n) is 2.99. The average Bonchev–Trinajstić information content (AvgIpc) is 3.00. The smallest absolute Gasteiger partial charge is 0.0994 e. The highest BCUT2D eigenvalue weighted by molar-refractivity contribution is 5.43. The van der Waals surface area contributed by atoms with Gasteiger partial charge in [-0.2, -0.15) is 5.26 Å². The van der Waals surface area contributed by atoms with E-state index in [1.54, 1.807) is 0 Å². The van der Waals surface area contributed by atoms with Gasteiger partial charge in [-0.15, -0.1) is 0 Å². The molecule has 2 rings (SSSR count). The Bertz CT molecular complexity index is 386. The fourth-order valence-electron chi connectivity index (χ4n) is 1.85. The third-order valence-corrected chi connectivity index (χ3v) is 2.99. The summed E-state index contributed by atoms with van der Waals surface area (Å²) in [6.07, 6.45) is 2.47. The molecule has 1 atom stereocenters. The van der Waals surface area contributed by atoms with Crippen molar-refractivity contribution in [1.29, 1.82) is 5.26 Å². The summed E-state index contributed by atoms with van der Waals surface area (Å²) < 4.78 is 0. The van der Waals surface area contributed by atoms with Crippen LogP contribution in [0, 0.1) is 24.2 Å². The first kappa shape index (κ1) is 9.23. The molecular formula is C12H14N2. The topological polar surface area (TPSA) is 49.8 Å². The van der Waals surface area contributed by atoms with Crippen LogP contribution in [0.15, 0.2) is 18.2 Å². The molecular weight excluding hydrogens is 172 g/mol. The van der Waals surface area contributed by atoms with E-state index in [-0.39, 0.29) is 6.04 Å². The maximum atomic E-state index is 8.89. The van der Waals surface area contributed by atoms with E-state index in [0.717, 1.165) is 16.7 Å². The first-order chi connectivity index (χ1) is 6.74. The lowest BCUT2D eigenvalue weighted by molar-refractivity contribution is 0.629. The predicted octanol–water partition coefficient (Wildman–Crippen LogP) is 2.28. The highest BCUT2D eigenvalue weighted by Gasteiger charge is 2.30. The standard InChI is InChI=1S/C12H14N2/c1-8-10(7-13)3-2-4-11(8)12(14)9-5-6-9/h2-4,9,12H,5-6,14H2,1H3/t12-/m1/s1. The second kappa shape index (κ2) is 3.43. The Hall–Kier alpha value is -1.33. The Morgan fingerprint density at radius 3 is 2.79 bits per heavy atom. The minimum Gasteiger partial charge on any atom is -0.324 e. The van der Waals surface area contributed by atoms with Gasteiger partial charge in [-0.3, -0.25) is 0 Å². The molecule has 0 unspecified atom stereocenters. The largest absolute Gasteiger partial charge is 0.324 e. The van der Waals surface area contributed by atoms with Gasteiger partial charge in [-0.05, 0) is 42.9 Å². The zero-order valence-corrected chi connectivity index (χ0v) is 8.33. The molecule has 1 aromatic carbocycles. The molecule has 0 bridgehead atoms. The van der Waals surface area contributed by atoms with Crippen molar-refractivity contribution in [3.8, 4) is 6.07 Å². The number of hydrogen-bond donors (Lipinski definition) is 1. The lowest BCUT2D eigenvalue weighted by Gasteiger charge is -2.14. The number of rotatable bonds is 2. The van der Waals surface area contributed by atoms with Crippen LogP contribution in [-0.2, 0) is 0 Å². The van der Waals surface area contributed by atoms with Crippen LogP contribution in [0.4, 0.5) is 0 Å². The number of nitrogens with zero attached hydrogens (tertiary/aromatic N) is 1. The molecule has 0 heterocycles. The maximum absolute atomic E-state index is 8.89. The van der Waals surface area contributed by atoms with E-state index in [2.05, 4.69) is 6.07 Å². The van der Waals surface area contributed by atoms with Gasteiger partial charge in [0.15, 0.2) is 0 Å². The summed E-state index contributed by atoms with van der Waals surface area (Å²) in [5.74, 6) is 0.641. The Balaban J connectivity index is 2.37. The molecule has 1 fully saturated rings. The summed E-state index contributed by atoms with van der Waals surface area (Å²) in [6.45, 7) is 1.98. The number of nitrogens with two attached hydrogens (primary N) is 1. The van der Waals surface area contributed by atoms with Gasteiger partial charge in [0, 0.05) is 6.04 Å². The SMILES string of the molecule is Cc1c(C#N)cccc1[C@H](N)C1CC1. The Kier molecular flexibility index (Phi) is 2.26. The van der Waals surface area contributed by atoms with Crippen LogP contribution in [0.25, 0.3) is 0 Å². The van der Waals surface area contributed by atoms with Crippen molar-refractivity contribution in [2.75, 3.05) is 0 Å².